The van der Waals surface area contributed by atoms with Crippen LogP contribution < -0.4 is 0 Å². The lowest BCUT2D eigenvalue weighted by atomic mass is 10.3. The van der Waals surface area contributed by atoms with E-state index in [0.29, 0.717) is 0 Å². The van der Waals surface area contributed by atoms with Crippen LogP contribution in [0.4, 0.5) is 0 Å². The Balaban J connectivity index is 3.40. The van der Waals surface area contributed by atoms with E-state index in [1.165, 1.54) is 32.2 Å². The first-order valence-corrected chi connectivity index (χ1v) is 4.80. The summed E-state index contributed by atoms with van der Waals surface area (Å²) in [5, 5.41) is 0. The van der Waals surface area contributed by atoms with Gasteiger partial charge in [-0.05, 0) is 25.9 Å². The molecular weight excluding hydrogens is 150 g/mol. The third-order valence-electron chi connectivity index (χ3n) is 1.72. The van der Waals surface area contributed by atoms with Crippen molar-refractivity contribution in [3.05, 3.63) is 12.8 Å². The highest BCUT2D eigenvalue weighted by molar-refractivity contribution is 4.57. The van der Waals surface area contributed by atoms with Gasteiger partial charge in [0.05, 0.1) is 12.9 Å². The largest absolute Gasteiger partial charge is 0.500 e. The van der Waals surface area contributed by atoms with E-state index in [1.807, 2.05) is 0 Å². The minimum atomic E-state index is 0.767. The van der Waals surface area contributed by atoms with Crippen LogP contribution in [0.5, 0.6) is 0 Å². The molecule has 2 heteroatoms. The smallest absolute Gasteiger partial charge is 0.0999 e. The molecule has 0 spiro atoms. The zero-order valence-electron chi connectivity index (χ0n) is 8.38. The normalized spacial score (nSPS) is 10.2. The highest BCUT2D eigenvalue weighted by Gasteiger charge is 2.00. The van der Waals surface area contributed by atoms with Crippen molar-refractivity contribution in [1.82, 2.24) is 4.90 Å². The summed E-state index contributed by atoms with van der Waals surface area (Å²) in [6.07, 6.45) is 3.94. The average Bonchev–Trinajstić information content (AvgIpc) is 2.06. The molecule has 0 atom stereocenters. The Morgan fingerprint density at radius 3 is 2.17 bits per heavy atom. The van der Waals surface area contributed by atoms with Gasteiger partial charge in [-0.25, -0.2) is 0 Å². The molecule has 0 heterocycles. The Morgan fingerprint density at radius 2 is 1.75 bits per heavy atom. The molecule has 0 saturated carbocycles. The number of nitrogens with zero attached hydrogens (tertiary/aromatic N) is 1. The SMILES string of the molecule is C=COCCN(CCC)CCC. The maximum atomic E-state index is 5.08. The van der Waals surface area contributed by atoms with Gasteiger partial charge in [0.2, 0.25) is 0 Å². The van der Waals surface area contributed by atoms with Crippen LogP contribution in [-0.2, 0) is 4.74 Å². The Labute approximate surface area is 76.2 Å². The van der Waals surface area contributed by atoms with Crippen LogP contribution in [0.15, 0.2) is 12.8 Å². The fourth-order valence-electron chi connectivity index (χ4n) is 1.23. The highest BCUT2D eigenvalue weighted by Crippen LogP contribution is 1.93. The summed E-state index contributed by atoms with van der Waals surface area (Å²) in [5.41, 5.74) is 0. The third-order valence-corrected chi connectivity index (χ3v) is 1.72. The van der Waals surface area contributed by atoms with Gasteiger partial charge in [-0.2, -0.15) is 0 Å². The van der Waals surface area contributed by atoms with E-state index in [4.69, 9.17) is 4.74 Å². The molecule has 0 unspecified atom stereocenters. The molecule has 0 amide bonds. The van der Waals surface area contributed by atoms with E-state index >= 15 is 0 Å². The predicted molar refractivity (Wildman–Crippen MR) is 53.2 cm³/mol. The second kappa shape index (κ2) is 8.60. The first-order chi connectivity index (χ1) is 5.85. The van der Waals surface area contributed by atoms with Gasteiger partial charge in [0.15, 0.2) is 0 Å². The molecule has 0 aromatic carbocycles. The second-order valence-electron chi connectivity index (χ2n) is 2.88. The van der Waals surface area contributed by atoms with Crippen molar-refractivity contribution in [2.75, 3.05) is 26.2 Å². The maximum absolute atomic E-state index is 5.08. The Hall–Kier alpha value is -0.500. The quantitative estimate of drug-likeness (QED) is 0.410. The summed E-state index contributed by atoms with van der Waals surface area (Å²) in [6.45, 7) is 12.1. The summed E-state index contributed by atoms with van der Waals surface area (Å²) in [6, 6.07) is 0. The second-order valence-corrected chi connectivity index (χ2v) is 2.88. The molecule has 0 aromatic rings. The van der Waals surface area contributed by atoms with Gasteiger partial charge in [-0.15, -0.1) is 0 Å². The number of hydrogen-bond acceptors (Lipinski definition) is 2. The molecule has 0 aromatic heterocycles. The Morgan fingerprint density at radius 1 is 1.17 bits per heavy atom. The van der Waals surface area contributed by atoms with E-state index in [9.17, 15) is 0 Å². The summed E-state index contributed by atoms with van der Waals surface area (Å²) >= 11 is 0. The molecule has 72 valence electrons. The van der Waals surface area contributed by atoms with Crippen molar-refractivity contribution >= 4 is 0 Å². The highest BCUT2D eigenvalue weighted by atomic mass is 16.5. The van der Waals surface area contributed by atoms with Gasteiger partial charge in [-0.3, -0.25) is 4.90 Å². The standard InChI is InChI=1S/C10H21NO/c1-4-7-11(8-5-2)9-10-12-6-3/h6H,3-5,7-10H2,1-2H3. The Bertz CT molecular complexity index is 98.0. The summed E-state index contributed by atoms with van der Waals surface area (Å²) in [5.74, 6) is 0. The van der Waals surface area contributed by atoms with Crippen molar-refractivity contribution < 1.29 is 4.74 Å². The fourth-order valence-corrected chi connectivity index (χ4v) is 1.23. The lowest BCUT2D eigenvalue weighted by molar-refractivity contribution is 0.178. The minimum Gasteiger partial charge on any atom is -0.500 e. The van der Waals surface area contributed by atoms with Crippen molar-refractivity contribution in [1.29, 1.82) is 0 Å². The van der Waals surface area contributed by atoms with E-state index in [-0.39, 0.29) is 0 Å². The van der Waals surface area contributed by atoms with Crippen LogP contribution >= 0.6 is 0 Å². The fraction of sp³-hybridized carbons (Fsp3) is 0.800. The number of rotatable bonds is 8. The zero-order chi connectivity index (χ0) is 9.23. The van der Waals surface area contributed by atoms with E-state index in [0.717, 1.165) is 13.2 Å². The van der Waals surface area contributed by atoms with Gasteiger partial charge in [0.1, 0.15) is 0 Å². The van der Waals surface area contributed by atoms with Crippen molar-refractivity contribution in [2.45, 2.75) is 26.7 Å². The molecule has 0 aliphatic rings. The van der Waals surface area contributed by atoms with Crippen LogP contribution in [0.2, 0.25) is 0 Å². The molecule has 0 aliphatic heterocycles. The Kier molecular flexibility index (Phi) is 8.24. The number of ether oxygens (including phenoxy) is 1. The molecule has 0 saturated heterocycles. The van der Waals surface area contributed by atoms with Gasteiger partial charge in [-0.1, -0.05) is 20.4 Å². The average molecular weight is 171 g/mol. The van der Waals surface area contributed by atoms with Crippen molar-refractivity contribution in [3.63, 3.8) is 0 Å². The lowest BCUT2D eigenvalue weighted by Gasteiger charge is -2.20. The molecule has 0 bridgehead atoms. The number of hydrogen-bond donors (Lipinski definition) is 0. The van der Waals surface area contributed by atoms with Crippen LogP contribution in [-0.4, -0.2) is 31.1 Å². The predicted octanol–water partition coefficient (Wildman–Crippen LogP) is 2.27. The lowest BCUT2D eigenvalue weighted by Crippen LogP contribution is -2.28. The topological polar surface area (TPSA) is 12.5 Å². The first-order valence-electron chi connectivity index (χ1n) is 4.80. The zero-order valence-corrected chi connectivity index (χ0v) is 8.38. The molecule has 12 heavy (non-hydrogen) atoms. The van der Waals surface area contributed by atoms with Crippen LogP contribution in [0.3, 0.4) is 0 Å². The minimum absolute atomic E-state index is 0.767. The van der Waals surface area contributed by atoms with E-state index in [1.54, 1.807) is 0 Å². The van der Waals surface area contributed by atoms with Crippen LogP contribution in [0, 0.1) is 0 Å². The van der Waals surface area contributed by atoms with Gasteiger partial charge in [0, 0.05) is 6.54 Å². The van der Waals surface area contributed by atoms with Crippen molar-refractivity contribution in [3.8, 4) is 0 Å². The van der Waals surface area contributed by atoms with E-state index < -0.39 is 0 Å². The van der Waals surface area contributed by atoms with E-state index in [2.05, 4.69) is 25.3 Å². The van der Waals surface area contributed by atoms with Crippen LogP contribution in [0.25, 0.3) is 0 Å². The summed E-state index contributed by atoms with van der Waals surface area (Å²) in [7, 11) is 0. The van der Waals surface area contributed by atoms with Crippen molar-refractivity contribution in [2.24, 2.45) is 0 Å². The summed E-state index contributed by atoms with van der Waals surface area (Å²) in [4.78, 5) is 2.42. The molecule has 0 N–H and O–H groups in total. The summed E-state index contributed by atoms with van der Waals surface area (Å²) < 4.78 is 5.08. The third kappa shape index (κ3) is 6.23. The van der Waals surface area contributed by atoms with Gasteiger partial charge < -0.3 is 4.74 Å². The van der Waals surface area contributed by atoms with Gasteiger partial charge in [0.25, 0.3) is 0 Å². The molecule has 0 fully saturated rings. The molecular formula is C10H21NO. The molecule has 2 nitrogen and oxygen atoms in total. The van der Waals surface area contributed by atoms with Gasteiger partial charge >= 0.3 is 0 Å². The first kappa shape index (κ1) is 11.5. The molecule has 0 radical (unpaired) electrons. The van der Waals surface area contributed by atoms with Crippen LogP contribution in [0.1, 0.15) is 26.7 Å². The molecule has 0 rings (SSSR count). The maximum Gasteiger partial charge on any atom is 0.0999 e. The monoisotopic (exact) mass is 171 g/mol. The molecule has 0 aliphatic carbocycles.